The summed E-state index contributed by atoms with van der Waals surface area (Å²) in [6.45, 7) is 4.75. The molecule has 0 aliphatic heterocycles. The predicted molar refractivity (Wildman–Crippen MR) is 99.0 cm³/mol. The number of hydrogen-bond acceptors (Lipinski definition) is 4. The van der Waals surface area contributed by atoms with E-state index in [0.29, 0.717) is 11.3 Å². The van der Waals surface area contributed by atoms with E-state index in [2.05, 4.69) is 10.6 Å². The zero-order chi connectivity index (χ0) is 20.0. The molecule has 0 unspecified atom stereocenters. The Morgan fingerprint density at radius 2 is 1.56 bits per heavy atom. The van der Waals surface area contributed by atoms with E-state index in [9.17, 15) is 18.8 Å². The molecule has 2 rings (SSSR count). The Kier molecular flexibility index (Phi) is 6.65. The molecule has 0 radical (unpaired) electrons. The minimum absolute atomic E-state index is 0.295. The Morgan fingerprint density at radius 1 is 0.963 bits per heavy atom. The second-order valence-electron chi connectivity index (χ2n) is 6.18. The van der Waals surface area contributed by atoms with Gasteiger partial charge in [-0.15, -0.1) is 0 Å². The van der Waals surface area contributed by atoms with Gasteiger partial charge in [-0.3, -0.25) is 9.59 Å². The zero-order valence-corrected chi connectivity index (χ0v) is 15.4. The minimum Gasteiger partial charge on any atom is -0.452 e. The molecule has 0 atom stereocenters. The Morgan fingerprint density at radius 3 is 2.15 bits per heavy atom. The summed E-state index contributed by atoms with van der Waals surface area (Å²) in [7, 11) is 0. The number of ether oxygens (including phenoxy) is 1. The first-order valence-corrected chi connectivity index (χ1v) is 8.33. The van der Waals surface area contributed by atoms with Crippen molar-refractivity contribution in [2.45, 2.75) is 20.8 Å². The number of nitrogens with one attached hydrogen (secondary N) is 2. The van der Waals surface area contributed by atoms with Gasteiger partial charge in [0.05, 0.1) is 12.1 Å². The highest BCUT2D eigenvalue weighted by Gasteiger charge is 2.16. The van der Waals surface area contributed by atoms with Crippen molar-refractivity contribution < 1.29 is 23.5 Å². The maximum Gasteiger partial charge on any atom is 0.339 e. The molecule has 0 aromatic heterocycles. The van der Waals surface area contributed by atoms with Crippen LogP contribution in [0.4, 0.5) is 10.1 Å². The summed E-state index contributed by atoms with van der Waals surface area (Å²) in [5, 5.41) is 4.86. The number of anilines is 1. The lowest BCUT2D eigenvalue weighted by Gasteiger charge is -2.11. The fourth-order valence-electron chi connectivity index (χ4n) is 2.67. The fraction of sp³-hybridized carbons (Fsp3) is 0.250. The topological polar surface area (TPSA) is 84.5 Å². The summed E-state index contributed by atoms with van der Waals surface area (Å²) in [6, 6.07) is 8.96. The Balaban J connectivity index is 1.80. The first-order valence-electron chi connectivity index (χ1n) is 8.33. The lowest BCUT2D eigenvalue weighted by molar-refractivity contribution is -0.126. The number of amides is 2. The van der Waals surface area contributed by atoms with E-state index in [1.807, 2.05) is 19.1 Å². The standard InChI is InChI=1S/C20H21FN2O4/c1-12-8-13(2)19(14(3)9-12)20(26)27-11-18(25)22-10-17(24)23-16-6-4-15(21)5-7-16/h4-9H,10-11H2,1-3H3,(H,22,25)(H,23,24). The van der Waals surface area contributed by atoms with E-state index in [4.69, 9.17) is 4.74 Å². The molecule has 0 bridgehead atoms. The Bertz CT molecular complexity index is 840. The highest BCUT2D eigenvalue weighted by molar-refractivity contribution is 5.96. The van der Waals surface area contributed by atoms with E-state index in [-0.39, 0.29) is 6.54 Å². The molecule has 2 N–H and O–H groups in total. The largest absolute Gasteiger partial charge is 0.452 e. The van der Waals surface area contributed by atoms with Crippen LogP contribution in [0.5, 0.6) is 0 Å². The smallest absolute Gasteiger partial charge is 0.339 e. The van der Waals surface area contributed by atoms with Gasteiger partial charge in [-0.2, -0.15) is 0 Å². The summed E-state index contributed by atoms with van der Waals surface area (Å²) in [5.41, 5.74) is 3.43. The van der Waals surface area contributed by atoms with Gasteiger partial charge in [0, 0.05) is 5.69 Å². The highest BCUT2D eigenvalue weighted by atomic mass is 19.1. The quantitative estimate of drug-likeness (QED) is 0.764. The van der Waals surface area contributed by atoms with Crippen LogP contribution in [0, 0.1) is 26.6 Å². The molecule has 0 fully saturated rings. The second-order valence-corrected chi connectivity index (χ2v) is 6.18. The first kappa shape index (κ1) is 20.1. The Labute approximate surface area is 156 Å². The first-order chi connectivity index (χ1) is 12.8. The lowest BCUT2D eigenvalue weighted by Crippen LogP contribution is -2.35. The minimum atomic E-state index is -0.597. The van der Waals surface area contributed by atoms with E-state index in [1.165, 1.54) is 24.3 Å². The van der Waals surface area contributed by atoms with Crippen LogP contribution in [0.1, 0.15) is 27.0 Å². The summed E-state index contributed by atoms with van der Waals surface area (Å²) >= 11 is 0. The third kappa shape index (κ3) is 5.91. The summed E-state index contributed by atoms with van der Waals surface area (Å²) in [6.07, 6.45) is 0. The normalized spacial score (nSPS) is 10.2. The van der Waals surface area contributed by atoms with Crippen LogP contribution in [0.25, 0.3) is 0 Å². The van der Waals surface area contributed by atoms with Gasteiger partial charge in [0.15, 0.2) is 6.61 Å². The SMILES string of the molecule is Cc1cc(C)c(C(=O)OCC(=O)NCC(=O)Nc2ccc(F)cc2)c(C)c1. The van der Waals surface area contributed by atoms with Crippen molar-refractivity contribution in [1.29, 1.82) is 0 Å². The van der Waals surface area contributed by atoms with Gasteiger partial charge in [-0.05, 0) is 56.2 Å². The number of carbonyl (C=O) groups excluding carboxylic acids is 3. The highest BCUT2D eigenvalue weighted by Crippen LogP contribution is 2.17. The van der Waals surface area contributed by atoms with Crippen molar-refractivity contribution in [2.75, 3.05) is 18.5 Å². The van der Waals surface area contributed by atoms with Gasteiger partial charge >= 0.3 is 5.97 Å². The van der Waals surface area contributed by atoms with E-state index in [0.717, 1.165) is 16.7 Å². The van der Waals surface area contributed by atoms with Gasteiger partial charge < -0.3 is 15.4 Å². The van der Waals surface area contributed by atoms with Crippen molar-refractivity contribution in [1.82, 2.24) is 5.32 Å². The molecule has 0 heterocycles. The third-order valence-electron chi connectivity index (χ3n) is 3.79. The molecular weight excluding hydrogens is 351 g/mol. The average Bonchev–Trinajstić information content (AvgIpc) is 2.59. The van der Waals surface area contributed by atoms with Crippen LogP contribution < -0.4 is 10.6 Å². The van der Waals surface area contributed by atoms with Crippen LogP contribution in [0.15, 0.2) is 36.4 Å². The van der Waals surface area contributed by atoms with Crippen LogP contribution in [0.3, 0.4) is 0 Å². The number of esters is 1. The molecule has 142 valence electrons. The zero-order valence-electron chi connectivity index (χ0n) is 15.4. The molecule has 0 spiro atoms. The van der Waals surface area contributed by atoms with Crippen LogP contribution >= 0.6 is 0 Å². The Hall–Kier alpha value is -3.22. The van der Waals surface area contributed by atoms with E-state index >= 15 is 0 Å². The van der Waals surface area contributed by atoms with Crippen molar-refractivity contribution in [3.8, 4) is 0 Å². The molecule has 2 aromatic carbocycles. The average molecular weight is 372 g/mol. The van der Waals surface area contributed by atoms with Crippen molar-refractivity contribution in [2.24, 2.45) is 0 Å². The third-order valence-corrected chi connectivity index (χ3v) is 3.79. The van der Waals surface area contributed by atoms with Crippen molar-refractivity contribution in [3.05, 3.63) is 64.5 Å². The molecule has 27 heavy (non-hydrogen) atoms. The molecule has 7 heteroatoms. The summed E-state index contributed by atoms with van der Waals surface area (Å²) in [5.74, 6) is -2.08. The predicted octanol–water partition coefficient (Wildman–Crippen LogP) is 2.66. The number of aryl methyl sites for hydroxylation is 3. The van der Waals surface area contributed by atoms with Gasteiger partial charge in [-0.1, -0.05) is 17.7 Å². The maximum atomic E-state index is 12.8. The maximum absolute atomic E-state index is 12.8. The molecule has 2 aromatic rings. The molecule has 0 aliphatic rings. The van der Waals surface area contributed by atoms with Gasteiger partial charge in [-0.25, -0.2) is 9.18 Å². The molecular formula is C20H21FN2O4. The number of hydrogen-bond donors (Lipinski definition) is 2. The number of benzene rings is 2. The molecule has 6 nitrogen and oxygen atoms in total. The number of rotatable bonds is 6. The molecule has 0 aliphatic carbocycles. The fourth-order valence-corrected chi connectivity index (χ4v) is 2.67. The lowest BCUT2D eigenvalue weighted by atomic mass is 10.00. The van der Waals surface area contributed by atoms with Crippen molar-refractivity contribution >= 4 is 23.5 Å². The van der Waals surface area contributed by atoms with Crippen molar-refractivity contribution in [3.63, 3.8) is 0 Å². The van der Waals surface area contributed by atoms with Gasteiger partial charge in [0.25, 0.3) is 5.91 Å². The number of carbonyl (C=O) groups is 3. The summed E-state index contributed by atoms with van der Waals surface area (Å²) < 4.78 is 17.8. The van der Waals surface area contributed by atoms with E-state index in [1.54, 1.807) is 13.8 Å². The van der Waals surface area contributed by atoms with Crippen LogP contribution in [-0.4, -0.2) is 30.9 Å². The monoisotopic (exact) mass is 372 g/mol. The second kappa shape index (κ2) is 8.93. The number of halogens is 1. The van der Waals surface area contributed by atoms with Gasteiger partial charge in [0.2, 0.25) is 5.91 Å². The van der Waals surface area contributed by atoms with E-state index < -0.39 is 30.2 Å². The summed E-state index contributed by atoms with van der Waals surface area (Å²) in [4.78, 5) is 35.7. The molecule has 0 saturated heterocycles. The van der Waals surface area contributed by atoms with Gasteiger partial charge in [0.1, 0.15) is 5.82 Å². The van der Waals surface area contributed by atoms with Crippen LogP contribution in [-0.2, 0) is 14.3 Å². The van der Waals surface area contributed by atoms with Crippen LogP contribution in [0.2, 0.25) is 0 Å². The molecule has 0 saturated carbocycles. The molecule has 2 amide bonds.